The molecule has 1 fully saturated rings. The normalized spacial score (nSPS) is 23.1. The Morgan fingerprint density at radius 3 is 2.50 bits per heavy atom. The molecule has 114 valence electrons. The first-order valence-electron chi connectivity index (χ1n) is 6.76. The summed E-state index contributed by atoms with van der Waals surface area (Å²) < 4.78 is 5.49. The molecule has 0 spiro atoms. The van der Waals surface area contributed by atoms with E-state index in [9.17, 15) is 14.4 Å². The summed E-state index contributed by atoms with van der Waals surface area (Å²) >= 11 is 0. The van der Waals surface area contributed by atoms with E-state index in [-0.39, 0.29) is 31.0 Å². The van der Waals surface area contributed by atoms with E-state index < -0.39 is 18.1 Å². The van der Waals surface area contributed by atoms with Gasteiger partial charge in [-0.2, -0.15) is 0 Å². The zero-order valence-electron chi connectivity index (χ0n) is 12.1. The molecule has 1 rings (SSSR count). The number of carbonyl (C=O) groups excluding carboxylic acids is 2. The van der Waals surface area contributed by atoms with Crippen molar-refractivity contribution in [2.75, 3.05) is 13.1 Å². The number of hydrogen-bond donors (Lipinski definition) is 2. The highest BCUT2D eigenvalue weighted by Gasteiger charge is 2.35. The first-order valence-corrected chi connectivity index (χ1v) is 6.76. The topological polar surface area (TPSA) is 95.9 Å². The van der Waals surface area contributed by atoms with Crippen molar-refractivity contribution in [3.63, 3.8) is 0 Å². The Morgan fingerprint density at radius 2 is 2.05 bits per heavy atom. The molecular weight excluding hydrogens is 264 g/mol. The van der Waals surface area contributed by atoms with Crippen LogP contribution in [0, 0.1) is 0 Å². The number of amides is 2. The highest BCUT2D eigenvalue weighted by Crippen LogP contribution is 2.21. The Kier molecular flexibility index (Phi) is 5.94. The summed E-state index contributed by atoms with van der Waals surface area (Å²) in [5, 5.41) is 11.6. The molecule has 0 aromatic rings. The van der Waals surface area contributed by atoms with E-state index in [0.29, 0.717) is 6.42 Å². The lowest BCUT2D eigenvalue weighted by Gasteiger charge is -2.29. The van der Waals surface area contributed by atoms with E-state index in [0.717, 1.165) is 6.42 Å². The number of carboxylic acids is 1. The minimum atomic E-state index is -1.08. The number of nitrogens with zero attached hydrogens (tertiary/aromatic N) is 1. The van der Waals surface area contributed by atoms with E-state index >= 15 is 0 Å². The molecule has 1 aliphatic rings. The second kappa shape index (κ2) is 7.23. The molecule has 2 N–H and O–H groups in total. The van der Waals surface area contributed by atoms with Crippen molar-refractivity contribution in [1.82, 2.24) is 10.2 Å². The lowest BCUT2D eigenvalue weighted by atomic mass is 10.1. The van der Waals surface area contributed by atoms with E-state index in [4.69, 9.17) is 9.84 Å². The molecule has 7 nitrogen and oxygen atoms in total. The Labute approximate surface area is 118 Å². The Balaban J connectivity index is 2.68. The smallest absolute Gasteiger partial charge is 0.326 e. The lowest BCUT2D eigenvalue weighted by molar-refractivity contribution is -0.154. The summed E-state index contributed by atoms with van der Waals surface area (Å²) in [6.45, 7) is 5.08. The van der Waals surface area contributed by atoms with Gasteiger partial charge in [0.25, 0.3) is 5.91 Å². The molecule has 20 heavy (non-hydrogen) atoms. The van der Waals surface area contributed by atoms with Gasteiger partial charge in [0.15, 0.2) is 0 Å². The number of carboxylic acid groups (broad SMARTS) is 1. The number of aliphatic carboxylic acids is 1. The van der Waals surface area contributed by atoms with Gasteiger partial charge in [-0.1, -0.05) is 0 Å². The third-order valence-corrected chi connectivity index (χ3v) is 3.34. The number of hydrogen-bond acceptors (Lipinski definition) is 4. The van der Waals surface area contributed by atoms with Crippen LogP contribution in [0.4, 0.5) is 0 Å². The molecule has 0 saturated carbocycles. The summed E-state index contributed by atoms with van der Waals surface area (Å²) in [5.74, 6) is -1.62. The third kappa shape index (κ3) is 4.48. The highest BCUT2D eigenvalue weighted by molar-refractivity contribution is 5.86. The number of rotatable bonds is 6. The van der Waals surface area contributed by atoms with Gasteiger partial charge in [0, 0.05) is 20.0 Å². The highest BCUT2D eigenvalue weighted by atomic mass is 16.5. The van der Waals surface area contributed by atoms with E-state index in [1.807, 2.05) is 6.92 Å². The SMILES string of the molecule is CC(=O)NCCN(C(=O)[C@@H]1CC[C@H](C)O1)C(C)C(=O)O. The average molecular weight is 286 g/mol. The third-order valence-electron chi connectivity index (χ3n) is 3.34. The van der Waals surface area contributed by atoms with E-state index in [1.165, 1.54) is 18.7 Å². The van der Waals surface area contributed by atoms with Gasteiger partial charge < -0.3 is 20.1 Å². The van der Waals surface area contributed by atoms with Crippen LogP contribution < -0.4 is 5.32 Å². The zero-order valence-corrected chi connectivity index (χ0v) is 12.1. The second-order valence-corrected chi connectivity index (χ2v) is 5.04. The molecular formula is C13H22N2O5. The minimum Gasteiger partial charge on any atom is -0.480 e. The molecule has 2 amide bonds. The molecule has 1 unspecified atom stereocenters. The van der Waals surface area contributed by atoms with Crippen molar-refractivity contribution in [2.45, 2.75) is 51.9 Å². The minimum absolute atomic E-state index is 0.0151. The predicted molar refractivity (Wildman–Crippen MR) is 71.1 cm³/mol. The Morgan fingerprint density at radius 1 is 1.40 bits per heavy atom. The van der Waals surface area contributed by atoms with Gasteiger partial charge in [0.05, 0.1) is 6.10 Å². The van der Waals surface area contributed by atoms with Gasteiger partial charge in [0.2, 0.25) is 5.91 Å². The van der Waals surface area contributed by atoms with Crippen molar-refractivity contribution < 1.29 is 24.2 Å². The van der Waals surface area contributed by atoms with Crippen molar-refractivity contribution >= 4 is 17.8 Å². The monoisotopic (exact) mass is 286 g/mol. The van der Waals surface area contributed by atoms with Crippen LogP contribution >= 0.6 is 0 Å². The van der Waals surface area contributed by atoms with Gasteiger partial charge in [0.1, 0.15) is 12.1 Å². The molecule has 0 radical (unpaired) electrons. The van der Waals surface area contributed by atoms with E-state index in [2.05, 4.69) is 5.32 Å². The van der Waals surface area contributed by atoms with Crippen LogP contribution in [0.5, 0.6) is 0 Å². The fourth-order valence-electron chi connectivity index (χ4n) is 2.15. The van der Waals surface area contributed by atoms with Crippen LogP contribution in [0.2, 0.25) is 0 Å². The quantitative estimate of drug-likeness (QED) is 0.716. The van der Waals surface area contributed by atoms with Crippen molar-refractivity contribution in [3.8, 4) is 0 Å². The summed E-state index contributed by atoms with van der Waals surface area (Å²) in [6.07, 6.45) is 0.825. The van der Waals surface area contributed by atoms with Crippen LogP contribution in [-0.4, -0.2) is 59.1 Å². The van der Waals surface area contributed by atoms with Crippen molar-refractivity contribution in [2.24, 2.45) is 0 Å². The summed E-state index contributed by atoms with van der Waals surface area (Å²) in [4.78, 5) is 35.5. The van der Waals surface area contributed by atoms with Crippen LogP contribution in [0.15, 0.2) is 0 Å². The molecule has 1 saturated heterocycles. The molecule has 7 heteroatoms. The molecule has 0 aromatic carbocycles. The fraction of sp³-hybridized carbons (Fsp3) is 0.769. The lowest BCUT2D eigenvalue weighted by Crippen LogP contribution is -2.50. The molecule has 0 bridgehead atoms. The summed E-state index contributed by atoms with van der Waals surface area (Å²) in [7, 11) is 0. The number of nitrogens with one attached hydrogen (secondary N) is 1. The predicted octanol–water partition coefficient (Wildman–Crippen LogP) is -0.00830. The Hall–Kier alpha value is -1.63. The van der Waals surface area contributed by atoms with Crippen LogP contribution in [0.25, 0.3) is 0 Å². The molecule has 3 atom stereocenters. The van der Waals surface area contributed by atoms with Gasteiger partial charge >= 0.3 is 5.97 Å². The molecule has 0 aromatic heterocycles. The maximum Gasteiger partial charge on any atom is 0.326 e. The largest absolute Gasteiger partial charge is 0.480 e. The molecule has 0 aliphatic carbocycles. The average Bonchev–Trinajstić information content (AvgIpc) is 2.79. The summed E-state index contributed by atoms with van der Waals surface area (Å²) in [5.41, 5.74) is 0. The second-order valence-electron chi connectivity index (χ2n) is 5.04. The fourth-order valence-corrected chi connectivity index (χ4v) is 2.15. The van der Waals surface area contributed by atoms with Gasteiger partial charge in [-0.15, -0.1) is 0 Å². The van der Waals surface area contributed by atoms with Crippen molar-refractivity contribution in [1.29, 1.82) is 0 Å². The molecule has 1 aliphatic heterocycles. The first-order chi connectivity index (χ1) is 9.32. The first kappa shape index (κ1) is 16.4. The van der Waals surface area contributed by atoms with E-state index in [1.54, 1.807) is 0 Å². The maximum absolute atomic E-state index is 12.3. The Bertz CT molecular complexity index is 385. The number of carbonyl (C=O) groups is 3. The number of ether oxygens (including phenoxy) is 1. The maximum atomic E-state index is 12.3. The van der Waals surface area contributed by atoms with Gasteiger partial charge in [-0.05, 0) is 26.7 Å². The van der Waals surface area contributed by atoms with Crippen LogP contribution in [-0.2, 0) is 19.1 Å². The zero-order chi connectivity index (χ0) is 15.3. The standard InChI is InChI=1S/C13H22N2O5/c1-8-4-5-11(20-8)12(17)15(9(2)13(18)19)7-6-14-10(3)16/h8-9,11H,4-7H2,1-3H3,(H,14,16)(H,18,19)/t8-,9?,11-/m0/s1. The molecule has 1 heterocycles. The van der Waals surface area contributed by atoms with Gasteiger partial charge in [-0.3, -0.25) is 9.59 Å². The van der Waals surface area contributed by atoms with Crippen LogP contribution in [0.1, 0.15) is 33.6 Å². The van der Waals surface area contributed by atoms with Crippen molar-refractivity contribution in [3.05, 3.63) is 0 Å². The van der Waals surface area contributed by atoms with Crippen LogP contribution in [0.3, 0.4) is 0 Å². The summed E-state index contributed by atoms with van der Waals surface area (Å²) in [6, 6.07) is -0.948. The van der Waals surface area contributed by atoms with Gasteiger partial charge in [-0.25, -0.2) is 4.79 Å².